The van der Waals surface area contributed by atoms with Crippen molar-refractivity contribution in [3.63, 3.8) is 0 Å². The third-order valence-electron chi connectivity index (χ3n) is 3.23. The third kappa shape index (κ3) is 4.34. The minimum absolute atomic E-state index is 0.510. The molecule has 114 valence electrons. The molecule has 0 unspecified atom stereocenters. The van der Waals surface area contributed by atoms with Gasteiger partial charge in [0.05, 0.1) is 0 Å². The topological polar surface area (TPSA) is 72.1 Å². The Bertz CT molecular complexity index is 568. The molecule has 2 aromatic heterocycles. The van der Waals surface area contributed by atoms with Crippen LogP contribution in [0.5, 0.6) is 0 Å². The van der Waals surface area contributed by atoms with Crippen LogP contribution in [0.4, 0.5) is 0 Å². The summed E-state index contributed by atoms with van der Waals surface area (Å²) in [6, 6.07) is 4.05. The summed E-state index contributed by atoms with van der Waals surface area (Å²) in [5, 5.41) is 14.7. The lowest BCUT2D eigenvalue weighted by molar-refractivity contribution is 0.664. The molecule has 7 heteroatoms. The van der Waals surface area contributed by atoms with E-state index >= 15 is 0 Å². The molecule has 0 radical (unpaired) electrons. The van der Waals surface area contributed by atoms with Crippen LogP contribution in [0.3, 0.4) is 0 Å². The van der Waals surface area contributed by atoms with Crippen molar-refractivity contribution >= 4 is 5.96 Å². The molecule has 0 atom stereocenters. The molecule has 2 heterocycles. The number of guanidine groups is 1. The van der Waals surface area contributed by atoms with Gasteiger partial charge in [-0.15, -0.1) is 10.2 Å². The van der Waals surface area contributed by atoms with E-state index in [1.54, 1.807) is 0 Å². The maximum atomic E-state index is 4.54. The van der Waals surface area contributed by atoms with E-state index < -0.39 is 0 Å². The highest BCUT2D eigenvalue weighted by Crippen LogP contribution is 1.98. The van der Waals surface area contributed by atoms with Crippen LogP contribution in [0.15, 0.2) is 29.5 Å². The Kier molecular flexibility index (Phi) is 5.36. The third-order valence-corrected chi connectivity index (χ3v) is 3.23. The van der Waals surface area contributed by atoms with Gasteiger partial charge in [0, 0.05) is 39.1 Å². The normalized spacial score (nSPS) is 11.7. The number of nitrogens with zero attached hydrogens (tertiary/aromatic N) is 5. The van der Waals surface area contributed by atoms with Crippen molar-refractivity contribution in [2.75, 3.05) is 13.1 Å². The van der Waals surface area contributed by atoms with Gasteiger partial charge in [-0.1, -0.05) is 0 Å². The predicted molar refractivity (Wildman–Crippen MR) is 83.0 cm³/mol. The lowest BCUT2D eigenvalue weighted by Gasteiger charge is -2.11. The molecule has 7 nitrogen and oxygen atoms in total. The first-order chi connectivity index (χ1) is 10.2. The first-order valence-corrected chi connectivity index (χ1v) is 7.18. The first-order valence-electron chi connectivity index (χ1n) is 7.18. The van der Waals surface area contributed by atoms with E-state index in [4.69, 9.17) is 0 Å². The highest BCUT2D eigenvalue weighted by Gasteiger charge is 2.04. The predicted octanol–water partition coefficient (Wildman–Crippen LogP) is 0.680. The van der Waals surface area contributed by atoms with Crippen LogP contribution in [0, 0.1) is 6.92 Å². The van der Waals surface area contributed by atoms with Crippen molar-refractivity contribution in [3.8, 4) is 0 Å². The average molecular weight is 289 g/mol. The molecule has 0 fully saturated rings. The standard InChI is InChI=1S/C14H23N7/c1-4-15-14(16-7-10-21-8-5-6-9-21)17-11-13-19-18-12(2)20(13)3/h5-6,8-9H,4,7,10-11H2,1-3H3,(H2,15,16,17). The summed E-state index contributed by atoms with van der Waals surface area (Å²) in [5.74, 6) is 2.55. The van der Waals surface area contributed by atoms with Crippen LogP contribution < -0.4 is 10.6 Å². The summed E-state index contributed by atoms with van der Waals surface area (Å²) < 4.78 is 4.08. The lowest BCUT2D eigenvalue weighted by atomic mass is 10.5. The molecule has 0 aromatic carbocycles. The van der Waals surface area contributed by atoms with Crippen LogP contribution in [0.25, 0.3) is 0 Å². The van der Waals surface area contributed by atoms with E-state index in [9.17, 15) is 0 Å². The number of aliphatic imine (C=N–C) groups is 1. The number of hydrogen-bond donors (Lipinski definition) is 2. The van der Waals surface area contributed by atoms with Crippen LogP contribution in [0.2, 0.25) is 0 Å². The number of aryl methyl sites for hydroxylation is 1. The van der Waals surface area contributed by atoms with Gasteiger partial charge in [0.15, 0.2) is 11.8 Å². The van der Waals surface area contributed by atoms with E-state index in [1.807, 2.05) is 43.1 Å². The van der Waals surface area contributed by atoms with Crippen LogP contribution >= 0.6 is 0 Å². The molecule has 0 saturated heterocycles. The van der Waals surface area contributed by atoms with Gasteiger partial charge in [0.2, 0.25) is 0 Å². The Labute approximate surface area is 125 Å². The summed E-state index contributed by atoms with van der Waals surface area (Å²) in [6.07, 6.45) is 4.10. The molecule has 0 spiro atoms. The molecule has 0 bridgehead atoms. The Hall–Kier alpha value is -2.31. The van der Waals surface area contributed by atoms with Crippen molar-refractivity contribution in [2.45, 2.75) is 26.9 Å². The van der Waals surface area contributed by atoms with E-state index in [1.165, 1.54) is 0 Å². The molecule has 0 amide bonds. The van der Waals surface area contributed by atoms with E-state index in [0.717, 1.165) is 37.2 Å². The molecule has 2 aromatic rings. The Morgan fingerprint density at radius 3 is 2.62 bits per heavy atom. The van der Waals surface area contributed by atoms with Crippen LogP contribution in [-0.2, 0) is 20.1 Å². The Balaban J connectivity index is 1.88. The van der Waals surface area contributed by atoms with Gasteiger partial charge in [0.1, 0.15) is 12.4 Å². The maximum absolute atomic E-state index is 4.54. The molecular weight excluding hydrogens is 266 g/mol. The van der Waals surface area contributed by atoms with Crippen LogP contribution in [0.1, 0.15) is 18.6 Å². The highest BCUT2D eigenvalue weighted by atomic mass is 15.3. The summed E-state index contributed by atoms with van der Waals surface area (Å²) in [7, 11) is 1.95. The fraction of sp³-hybridized carbons (Fsp3) is 0.500. The van der Waals surface area contributed by atoms with Crippen molar-refractivity contribution in [1.29, 1.82) is 0 Å². The van der Waals surface area contributed by atoms with E-state index in [-0.39, 0.29) is 0 Å². The first kappa shape index (κ1) is 15.1. The summed E-state index contributed by atoms with van der Waals surface area (Å²) >= 11 is 0. The molecule has 0 aliphatic carbocycles. The molecule has 0 saturated carbocycles. The van der Waals surface area contributed by atoms with Crippen molar-refractivity contribution in [1.82, 2.24) is 30.0 Å². The zero-order chi connectivity index (χ0) is 15.1. The number of nitrogens with one attached hydrogen (secondary N) is 2. The number of aromatic nitrogens is 4. The summed E-state index contributed by atoms with van der Waals surface area (Å²) in [6.45, 7) is 7.04. The summed E-state index contributed by atoms with van der Waals surface area (Å²) in [5.41, 5.74) is 0. The second-order valence-corrected chi connectivity index (χ2v) is 4.77. The highest BCUT2D eigenvalue weighted by molar-refractivity contribution is 5.79. The quantitative estimate of drug-likeness (QED) is 0.606. The fourth-order valence-corrected chi connectivity index (χ4v) is 1.90. The zero-order valence-electron chi connectivity index (χ0n) is 12.9. The maximum Gasteiger partial charge on any atom is 0.191 e. The number of rotatable bonds is 6. The van der Waals surface area contributed by atoms with Gasteiger partial charge in [-0.05, 0) is 26.0 Å². The van der Waals surface area contributed by atoms with E-state index in [2.05, 4.69) is 37.3 Å². The second-order valence-electron chi connectivity index (χ2n) is 4.77. The largest absolute Gasteiger partial charge is 0.357 e. The molecule has 2 rings (SSSR count). The van der Waals surface area contributed by atoms with E-state index in [0.29, 0.717) is 6.54 Å². The molecule has 21 heavy (non-hydrogen) atoms. The van der Waals surface area contributed by atoms with Crippen molar-refractivity contribution in [3.05, 3.63) is 36.2 Å². The fourth-order valence-electron chi connectivity index (χ4n) is 1.90. The average Bonchev–Trinajstić information content (AvgIpc) is 3.09. The van der Waals surface area contributed by atoms with Gasteiger partial charge in [-0.25, -0.2) is 4.99 Å². The number of hydrogen-bond acceptors (Lipinski definition) is 3. The minimum atomic E-state index is 0.510. The van der Waals surface area contributed by atoms with Crippen molar-refractivity contribution < 1.29 is 0 Å². The smallest absolute Gasteiger partial charge is 0.191 e. The Morgan fingerprint density at radius 1 is 1.24 bits per heavy atom. The summed E-state index contributed by atoms with van der Waals surface area (Å²) in [4.78, 5) is 4.54. The molecule has 0 aliphatic rings. The van der Waals surface area contributed by atoms with Gasteiger partial charge >= 0.3 is 0 Å². The lowest BCUT2D eigenvalue weighted by Crippen LogP contribution is -2.38. The molecule has 2 N–H and O–H groups in total. The van der Waals surface area contributed by atoms with Gasteiger partial charge in [0.25, 0.3) is 0 Å². The van der Waals surface area contributed by atoms with Gasteiger partial charge < -0.3 is 19.8 Å². The molecule has 0 aliphatic heterocycles. The second kappa shape index (κ2) is 7.47. The zero-order valence-corrected chi connectivity index (χ0v) is 12.9. The Morgan fingerprint density at radius 2 is 2.00 bits per heavy atom. The van der Waals surface area contributed by atoms with Gasteiger partial charge in [-0.2, -0.15) is 0 Å². The van der Waals surface area contributed by atoms with Gasteiger partial charge in [-0.3, -0.25) is 0 Å². The van der Waals surface area contributed by atoms with Crippen molar-refractivity contribution in [2.24, 2.45) is 12.0 Å². The van der Waals surface area contributed by atoms with Crippen LogP contribution in [-0.4, -0.2) is 38.4 Å². The monoisotopic (exact) mass is 289 g/mol. The molecular formula is C14H23N7. The minimum Gasteiger partial charge on any atom is -0.357 e. The SMILES string of the molecule is CCNC(=NCc1nnc(C)n1C)NCCn1cccc1.